The molecule has 0 saturated carbocycles. The summed E-state index contributed by atoms with van der Waals surface area (Å²) < 4.78 is 0. The van der Waals surface area contributed by atoms with Crippen molar-refractivity contribution in [1.29, 1.82) is 0 Å². The second-order valence-corrected chi connectivity index (χ2v) is 7.65. The van der Waals surface area contributed by atoms with E-state index in [1.165, 1.54) is 0 Å². The predicted molar refractivity (Wildman–Crippen MR) is 111 cm³/mol. The number of benzene rings is 2. The molecule has 0 aliphatic carbocycles. The van der Waals surface area contributed by atoms with Crippen molar-refractivity contribution < 1.29 is 15.0 Å². The Kier molecular flexibility index (Phi) is 6.27. The lowest BCUT2D eigenvalue weighted by Crippen LogP contribution is -2.18. The highest BCUT2D eigenvalue weighted by Gasteiger charge is 2.10. The lowest BCUT2D eigenvalue weighted by Gasteiger charge is -2.18. The molecule has 0 aliphatic heterocycles. The third-order valence-electron chi connectivity index (χ3n) is 3.92. The molecule has 1 unspecified atom stereocenters. The maximum Gasteiger partial charge on any atom is 0.313 e. The van der Waals surface area contributed by atoms with E-state index in [0.29, 0.717) is 21.3 Å². The molecule has 0 fully saturated rings. The number of hydrogen-bond donors (Lipinski definition) is 3. The average Bonchev–Trinajstić information content (AvgIpc) is 3.05. The number of carbonyl (C=O) groups is 1. The number of aliphatic carboxylic acids is 1. The third kappa shape index (κ3) is 4.86. The Labute approximate surface area is 171 Å². The summed E-state index contributed by atoms with van der Waals surface area (Å²) in [4.78, 5) is 19.8. The van der Waals surface area contributed by atoms with Crippen LogP contribution in [0.25, 0.3) is 11.0 Å². The van der Waals surface area contributed by atoms with Gasteiger partial charge in [0.2, 0.25) is 0 Å². The van der Waals surface area contributed by atoms with Crippen LogP contribution < -0.4 is 0 Å². The first-order chi connectivity index (χ1) is 13.3. The zero-order chi connectivity index (χ0) is 20.3. The van der Waals surface area contributed by atoms with E-state index in [1.807, 2.05) is 24.3 Å². The van der Waals surface area contributed by atoms with Crippen molar-refractivity contribution in [3.63, 3.8) is 0 Å². The van der Waals surface area contributed by atoms with Crippen LogP contribution >= 0.6 is 23.4 Å². The normalized spacial score (nSPS) is 12.0. The van der Waals surface area contributed by atoms with E-state index in [4.69, 9.17) is 16.7 Å². The maximum atomic E-state index is 10.7. The molecule has 0 aliphatic rings. The molecule has 0 bridgehead atoms. The zero-order valence-electron chi connectivity index (χ0n) is 15.2. The fraction of sp³-hybridized carbons (Fsp3) is 0.200. The number of halogens is 1. The standard InChI is InChI=1S/C20H18ClN3O3S/c1-24(2)19(27)13-6-3-12(4-7-13)5-8-14-9-16-17(10-15(14)21)23-20(22-16)28-11-18(25)26/h3-4,6-7,9-10,19,27H,11H2,1-2H3,(H,22,23)(H,25,26). The van der Waals surface area contributed by atoms with Crippen molar-refractivity contribution in [3.8, 4) is 11.8 Å². The Morgan fingerprint density at radius 1 is 1.29 bits per heavy atom. The molecule has 0 saturated heterocycles. The van der Waals surface area contributed by atoms with Gasteiger partial charge in [0.25, 0.3) is 0 Å². The van der Waals surface area contributed by atoms with Crippen LogP contribution in [0.4, 0.5) is 0 Å². The first-order valence-corrected chi connectivity index (χ1v) is 9.70. The summed E-state index contributed by atoms with van der Waals surface area (Å²) in [7, 11) is 3.61. The molecule has 3 aromatic rings. The molecule has 0 spiro atoms. The van der Waals surface area contributed by atoms with Gasteiger partial charge in [-0.05, 0) is 43.9 Å². The van der Waals surface area contributed by atoms with Gasteiger partial charge in [0, 0.05) is 11.1 Å². The van der Waals surface area contributed by atoms with E-state index in [1.54, 1.807) is 31.1 Å². The quantitative estimate of drug-likeness (QED) is 0.336. The Bertz CT molecular complexity index is 1070. The van der Waals surface area contributed by atoms with Gasteiger partial charge in [-0.2, -0.15) is 0 Å². The lowest BCUT2D eigenvalue weighted by atomic mass is 10.1. The van der Waals surface area contributed by atoms with Crippen LogP contribution in [-0.4, -0.2) is 50.9 Å². The fourth-order valence-corrected chi connectivity index (χ4v) is 3.29. The first-order valence-electron chi connectivity index (χ1n) is 8.34. The number of aliphatic hydroxyl groups excluding tert-OH is 1. The van der Waals surface area contributed by atoms with Crippen LogP contribution in [0.1, 0.15) is 22.9 Å². The van der Waals surface area contributed by atoms with E-state index in [2.05, 4.69) is 21.8 Å². The van der Waals surface area contributed by atoms with Gasteiger partial charge in [-0.25, -0.2) is 4.98 Å². The van der Waals surface area contributed by atoms with Crippen molar-refractivity contribution in [2.45, 2.75) is 11.4 Å². The van der Waals surface area contributed by atoms with Crippen LogP contribution in [0.5, 0.6) is 0 Å². The molecular formula is C20H18ClN3O3S. The summed E-state index contributed by atoms with van der Waals surface area (Å²) in [6, 6.07) is 10.9. The van der Waals surface area contributed by atoms with Gasteiger partial charge in [-0.15, -0.1) is 0 Å². The van der Waals surface area contributed by atoms with Crippen LogP contribution in [-0.2, 0) is 4.79 Å². The van der Waals surface area contributed by atoms with Crippen LogP contribution in [0.2, 0.25) is 5.02 Å². The highest BCUT2D eigenvalue weighted by atomic mass is 35.5. The molecule has 1 aromatic heterocycles. The van der Waals surface area contributed by atoms with E-state index in [0.717, 1.165) is 28.4 Å². The molecule has 8 heteroatoms. The van der Waals surface area contributed by atoms with Gasteiger partial charge < -0.3 is 15.2 Å². The van der Waals surface area contributed by atoms with Gasteiger partial charge in [-0.1, -0.05) is 47.3 Å². The predicted octanol–water partition coefficient (Wildman–Crippen LogP) is 3.35. The van der Waals surface area contributed by atoms with Crippen molar-refractivity contribution >= 4 is 40.4 Å². The number of nitrogens with one attached hydrogen (secondary N) is 1. The second-order valence-electron chi connectivity index (χ2n) is 6.28. The Hall–Kier alpha value is -2.50. The molecule has 144 valence electrons. The smallest absolute Gasteiger partial charge is 0.313 e. The molecular weight excluding hydrogens is 398 g/mol. The Morgan fingerprint density at radius 2 is 2.00 bits per heavy atom. The number of nitrogens with zero attached hydrogens (tertiary/aromatic N) is 2. The second kappa shape index (κ2) is 8.67. The van der Waals surface area contributed by atoms with Gasteiger partial charge in [-0.3, -0.25) is 9.69 Å². The number of aliphatic hydroxyl groups is 1. The number of H-pyrrole nitrogens is 1. The molecule has 1 heterocycles. The number of fused-ring (bicyclic) bond motifs is 1. The molecule has 0 radical (unpaired) electrons. The molecule has 0 amide bonds. The van der Waals surface area contributed by atoms with Gasteiger partial charge in [0.1, 0.15) is 6.23 Å². The average molecular weight is 416 g/mol. The number of imidazole rings is 1. The minimum atomic E-state index is -0.904. The molecule has 6 nitrogen and oxygen atoms in total. The van der Waals surface area contributed by atoms with Crippen molar-refractivity contribution in [1.82, 2.24) is 14.9 Å². The van der Waals surface area contributed by atoms with E-state index < -0.39 is 12.2 Å². The topological polar surface area (TPSA) is 89.5 Å². The largest absolute Gasteiger partial charge is 0.481 e. The van der Waals surface area contributed by atoms with E-state index in [9.17, 15) is 9.90 Å². The summed E-state index contributed by atoms with van der Waals surface area (Å²) in [5.41, 5.74) is 3.63. The first kappa shape index (κ1) is 20.2. The Balaban J connectivity index is 1.82. The van der Waals surface area contributed by atoms with Gasteiger partial charge in [0.15, 0.2) is 5.16 Å². The minimum absolute atomic E-state index is 0.0707. The summed E-state index contributed by atoms with van der Waals surface area (Å²) in [6.45, 7) is 0. The molecule has 28 heavy (non-hydrogen) atoms. The SMILES string of the molecule is CN(C)C(O)c1ccc(C#Cc2cc3[nH]c(SCC(=O)O)nc3cc2Cl)cc1. The van der Waals surface area contributed by atoms with Crippen LogP contribution in [0.15, 0.2) is 41.6 Å². The molecule has 3 N–H and O–H groups in total. The number of thioether (sulfide) groups is 1. The number of carboxylic acid groups (broad SMARTS) is 1. The summed E-state index contributed by atoms with van der Waals surface area (Å²) in [5, 5.41) is 19.8. The number of aromatic amines is 1. The van der Waals surface area contributed by atoms with Crippen molar-refractivity contribution in [3.05, 3.63) is 58.1 Å². The van der Waals surface area contributed by atoms with E-state index in [-0.39, 0.29) is 5.75 Å². The summed E-state index contributed by atoms with van der Waals surface area (Å²) in [5.74, 6) is 5.14. The number of aromatic nitrogens is 2. The number of rotatable bonds is 5. The van der Waals surface area contributed by atoms with Gasteiger partial charge in [0.05, 0.1) is 21.8 Å². The van der Waals surface area contributed by atoms with Crippen molar-refractivity contribution in [2.75, 3.05) is 19.8 Å². The highest BCUT2D eigenvalue weighted by Crippen LogP contribution is 2.25. The summed E-state index contributed by atoms with van der Waals surface area (Å²) >= 11 is 7.42. The highest BCUT2D eigenvalue weighted by molar-refractivity contribution is 7.99. The fourth-order valence-electron chi connectivity index (χ4n) is 2.48. The van der Waals surface area contributed by atoms with Gasteiger partial charge >= 0.3 is 5.97 Å². The van der Waals surface area contributed by atoms with Crippen LogP contribution in [0, 0.1) is 11.8 Å². The zero-order valence-corrected chi connectivity index (χ0v) is 16.8. The van der Waals surface area contributed by atoms with E-state index >= 15 is 0 Å². The lowest BCUT2D eigenvalue weighted by molar-refractivity contribution is -0.133. The molecule has 2 aromatic carbocycles. The summed E-state index contributed by atoms with van der Waals surface area (Å²) in [6.07, 6.45) is -0.660. The molecule has 1 atom stereocenters. The third-order valence-corrected chi connectivity index (χ3v) is 5.09. The minimum Gasteiger partial charge on any atom is -0.481 e. The molecule has 3 rings (SSSR count). The van der Waals surface area contributed by atoms with Crippen LogP contribution in [0.3, 0.4) is 0 Å². The maximum absolute atomic E-state index is 10.7. The van der Waals surface area contributed by atoms with Crippen molar-refractivity contribution in [2.24, 2.45) is 0 Å². The monoisotopic (exact) mass is 415 g/mol. The number of carboxylic acids is 1. The number of hydrogen-bond acceptors (Lipinski definition) is 5. The Morgan fingerprint density at radius 3 is 2.64 bits per heavy atom.